The number of nitrogens with one attached hydrogen (secondary N) is 1. The van der Waals surface area contributed by atoms with Gasteiger partial charge in [-0.05, 0) is 51.8 Å². The molecule has 0 radical (unpaired) electrons. The number of anilines is 1. The fraction of sp³-hybridized carbons (Fsp3) is 0.550. The van der Waals surface area contributed by atoms with Gasteiger partial charge in [-0.2, -0.15) is 0 Å². The zero-order valence-corrected chi connectivity index (χ0v) is 16.2. The molecule has 1 aliphatic heterocycles. The summed E-state index contributed by atoms with van der Waals surface area (Å²) in [5.41, 5.74) is -0.0804. The normalized spacial score (nSPS) is 16.5. The topological polar surface area (TPSA) is 75.7 Å². The van der Waals surface area contributed by atoms with Crippen molar-refractivity contribution < 1.29 is 19.1 Å². The molecule has 6 heteroatoms. The molecule has 0 spiro atoms. The van der Waals surface area contributed by atoms with Gasteiger partial charge in [-0.15, -0.1) is 0 Å². The minimum atomic E-state index is -1.07. The number of ketones is 1. The predicted molar refractivity (Wildman–Crippen MR) is 101 cm³/mol. The molecule has 0 aromatic heterocycles. The molecule has 2 amide bonds. The van der Waals surface area contributed by atoms with Gasteiger partial charge < -0.3 is 10.1 Å². The quantitative estimate of drug-likeness (QED) is 0.758. The zero-order chi connectivity index (χ0) is 19.5. The lowest BCUT2D eigenvalue weighted by Gasteiger charge is -2.38. The van der Waals surface area contributed by atoms with E-state index in [1.807, 2.05) is 20.8 Å². The van der Waals surface area contributed by atoms with Crippen LogP contribution in [0.2, 0.25) is 0 Å². The number of fused-ring (bicyclic) bond motifs is 1. The molecule has 142 valence electrons. The van der Waals surface area contributed by atoms with Crippen LogP contribution in [0.25, 0.3) is 0 Å². The fourth-order valence-corrected chi connectivity index (χ4v) is 2.84. The third kappa shape index (κ3) is 4.23. The third-order valence-electron chi connectivity index (χ3n) is 4.50. The van der Waals surface area contributed by atoms with Crippen LogP contribution >= 0.6 is 0 Å². The van der Waals surface area contributed by atoms with Crippen molar-refractivity contribution in [3.05, 3.63) is 23.8 Å². The lowest BCUT2D eigenvalue weighted by Crippen LogP contribution is -2.55. The van der Waals surface area contributed by atoms with Crippen molar-refractivity contribution >= 4 is 23.3 Å². The third-order valence-corrected chi connectivity index (χ3v) is 4.50. The number of hydrogen-bond acceptors (Lipinski definition) is 4. The maximum absolute atomic E-state index is 12.8. The SMILES string of the molecule is CCCC(=O)c1ccc2c(c1)N(CC(=O)NC(C)CC)C(=O)C(C)(C)O2. The predicted octanol–water partition coefficient (Wildman–Crippen LogP) is 3.09. The van der Waals surface area contributed by atoms with Crippen molar-refractivity contribution in [3.63, 3.8) is 0 Å². The van der Waals surface area contributed by atoms with E-state index in [1.165, 1.54) is 4.90 Å². The average Bonchev–Trinajstić information content (AvgIpc) is 2.58. The highest BCUT2D eigenvalue weighted by Gasteiger charge is 2.41. The number of amides is 2. The maximum atomic E-state index is 12.8. The molecule has 0 saturated carbocycles. The van der Waals surface area contributed by atoms with E-state index in [0.29, 0.717) is 23.4 Å². The first-order valence-electron chi connectivity index (χ1n) is 9.17. The van der Waals surface area contributed by atoms with E-state index < -0.39 is 5.60 Å². The summed E-state index contributed by atoms with van der Waals surface area (Å²) in [5.74, 6) is -0.0263. The second-order valence-electron chi connectivity index (χ2n) is 7.24. The van der Waals surface area contributed by atoms with Crippen LogP contribution in [0.1, 0.15) is 64.2 Å². The number of carbonyl (C=O) groups excluding carboxylic acids is 3. The second kappa shape index (κ2) is 7.89. The molecule has 1 aromatic carbocycles. The molecular formula is C20H28N2O4. The molecule has 2 rings (SSSR count). The van der Waals surface area contributed by atoms with E-state index in [1.54, 1.807) is 32.0 Å². The monoisotopic (exact) mass is 360 g/mol. The highest BCUT2D eigenvalue weighted by atomic mass is 16.5. The van der Waals surface area contributed by atoms with Gasteiger partial charge in [-0.25, -0.2) is 0 Å². The molecule has 1 unspecified atom stereocenters. The molecule has 26 heavy (non-hydrogen) atoms. The zero-order valence-electron chi connectivity index (χ0n) is 16.2. The van der Waals surface area contributed by atoms with E-state index >= 15 is 0 Å². The number of carbonyl (C=O) groups is 3. The van der Waals surface area contributed by atoms with Crippen molar-refractivity contribution in [2.75, 3.05) is 11.4 Å². The Bertz CT molecular complexity index is 712. The van der Waals surface area contributed by atoms with Crippen LogP contribution < -0.4 is 15.0 Å². The summed E-state index contributed by atoms with van der Waals surface area (Å²) >= 11 is 0. The number of ether oxygens (including phenoxy) is 1. The number of nitrogens with zero attached hydrogens (tertiary/aromatic N) is 1. The van der Waals surface area contributed by atoms with Crippen molar-refractivity contribution in [1.29, 1.82) is 0 Å². The van der Waals surface area contributed by atoms with E-state index in [0.717, 1.165) is 12.8 Å². The second-order valence-corrected chi connectivity index (χ2v) is 7.24. The Morgan fingerprint density at radius 2 is 1.96 bits per heavy atom. The summed E-state index contributed by atoms with van der Waals surface area (Å²) in [6.07, 6.45) is 1.99. The molecule has 0 fully saturated rings. The summed E-state index contributed by atoms with van der Waals surface area (Å²) in [7, 11) is 0. The maximum Gasteiger partial charge on any atom is 0.271 e. The summed E-state index contributed by atoms with van der Waals surface area (Å²) in [6, 6.07) is 5.09. The molecule has 0 aliphatic carbocycles. The summed E-state index contributed by atoms with van der Waals surface area (Å²) in [6.45, 7) is 9.08. The minimum Gasteiger partial charge on any atom is -0.476 e. The standard InChI is InChI=1S/C20H28N2O4/c1-6-8-16(23)14-9-10-17-15(11-14)22(19(25)20(4,5)26-17)12-18(24)21-13(3)7-2/h9-11,13H,6-8,12H2,1-5H3,(H,21,24). The van der Waals surface area contributed by atoms with E-state index in [2.05, 4.69) is 5.32 Å². The Balaban J connectivity index is 2.37. The lowest BCUT2D eigenvalue weighted by atomic mass is 10.0. The molecule has 1 aliphatic rings. The number of rotatable bonds is 7. The lowest BCUT2D eigenvalue weighted by molar-refractivity contribution is -0.134. The molecule has 0 saturated heterocycles. The van der Waals surface area contributed by atoms with Gasteiger partial charge in [0.25, 0.3) is 5.91 Å². The first-order chi connectivity index (χ1) is 12.2. The molecule has 1 N–H and O–H groups in total. The Hall–Kier alpha value is -2.37. The van der Waals surface area contributed by atoms with Gasteiger partial charge in [0.1, 0.15) is 12.3 Å². The molecule has 1 atom stereocenters. The molecular weight excluding hydrogens is 332 g/mol. The Kier molecular flexibility index (Phi) is 6.05. The van der Waals surface area contributed by atoms with E-state index in [-0.39, 0.29) is 30.2 Å². The van der Waals surface area contributed by atoms with Gasteiger partial charge in [0.2, 0.25) is 5.91 Å². The summed E-state index contributed by atoms with van der Waals surface area (Å²) < 4.78 is 5.81. The highest BCUT2D eigenvalue weighted by molar-refractivity contribution is 6.07. The van der Waals surface area contributed by atoms with Crippen LogP contribution in [-0.2, 0) is 9.59 Å². The van der Waals surface area contributed by atoms with Crippen molar-refractivity contribution in [3.8, 4) is 5.75 Å². The Morgan fingerprint density at radius 1 is 1.27 bits per heavy atom. The van der Waals surface area contributed by atoms with Crippen LogP contribution in [0.15, 0.2) is 18.2 Å². The first kappa shape index (κ1) is 19.9. The average molecular weight is 360 g/mol. The molecule has 1 aromatic rings. The smallest absolute Gasteiger partial charge is 0.271 e. The summed E-state index contributed by atoms with van der Waals surface area (Å²) in [5, 5.41) is 2.87. The van der Waals surface area contributed by atoms with Crippen molar-refractivity contribution in [1.82, 2.24) is 5.32 Å². The van der Waals surface area contributed by atoms with Crippen LogP contribution in [0.5, 0.6) is 5.75 Å². The fourth-order valence-electron chi connectivity index (χ4n) is 2.84. The van der Waals surface area contributed by atoms with Crippen LogP contribution in [-0.4, -0.2) is 35.8 Å². The largest absolute Gasteiger partial charge is 0.476 e. The van der Waals surface area contributed by atoms with Gasteiger partial charge in [0.15, 0.2) is 11.4 Å². The first-order valence-corrected chi connectivity index (χ1v) is 9.17. The van der Waals surface area contributed by atoms with Crippen molar-refractivity contribution in [2.24, 2.45) is 0 Å². The van der Waals surface area contributed by atoms with Crippen molar-refractivity contribution in [2.45, 2.75) is 65.5 Å². The number of benzene rings is 1. The van der Waals surface area contributed by atoms with Crippen LogP contribution in [0.4, 0.5) is 5.69 Å². The van der Waals surface area contributed by atoms with E-state index in [4.69, 9.17) is 4.74 Å². The summed E-state index contributed by atoms with van der Waals surface area (Å²) in [4.78, 5) is 38.8. The number of Topliss-reactive ketones (excluding diaryl/α,β-unsaturated/α-hetero) is 1. The van der Waals surface area contributed by atoms with Gasteiger partial charge >= 0.3 is 0 Å². The van der Waals surface area contributed by atoms with Gasteiger partial charge in [0, 0.05) is 18.0 Å². The Morgan fingerprint density at radius 3 is 2.58 bits per heavy atom. The Labute approximate surface area is 154 Å². The van der Waals surface area contributed by atoms with Gasteiger partial charge in [-0.3, -0.25) is 19.3 Å². The molecule has 0 bridgehead atoms. The molecule has 6 nitrogen and oxygen atoms in total. The van der Waals surface area contributed by atoms with E-state index in [9.17, 15) is 14.4 Å². The number of hydrogen-bond donors (Lipinski definition) is 1. The van der Waals surface area contributed by atoms with Gasteiger partial charge in [0.05, 0.1) is 5.69 Å². The van der Waals surface area contributed by atoms with Crippen LogP contribution in [0, 0.1) is 0 Å². The van der Waals surface area contributed by atoms with Gasteiger partial charge in [-0.1, -0.05) is 13.8 Å². The minimum absolute atomic E-state index is 0.0107. The highest BCUT2D eigenvalue weighted by Crippen LogP contribution is 2.38. The van der Waals surface area contributed by atoms with Crippen LogP contribution in [0.3, 0.4) is 0 Å². The molecule has 1 heterocycles.